The topological polar surface area (TPSA) is 52.0 Å². The smallest absolute Gasteiger partial charge is 0.00686 e. The third-order valence-electron chi connectivity index (χ3n) is 1.51. The van der Waals surface area contributed by atoms with Crippen molar-refractivity contribution in [2.75, 3.05) is 6.54 Å². The summed E-state index contributed by atoms with van der Waals surface area (Å²) in [5.41, 5.74) is 11.1. The Morgan fingerprint density at radius 2 is 1.25 bits per heavy atom. The Kier molecular flexibility index (Phi) is 6.68. The highest BCUT2D eigenvalue weighted by molar-refractivity contribution is 4.65. The van der Waals surface area contributed by atoms with Crippen molar-refractivity contribution in [1.82, 2.24) is 0 Å². The normalized spacial score (nSPS) is 12.0. The SMILES string of the molecule is CC(C)(C)N.CCC(C)(C)CN. The molecule has 0 rings (SSSR count). The van der Waals surface area contributed by atoms with Crippen LogP contribution >= 0.6 is 0 Å². The van der Waals surface area contributed by atoms with Crippen molar-refractivity contribution in [3.05, 3.63) is 0 Å². The Labute approximate surface area is 77.7 Å². The second-order valence-electron chi connectivity index (χ2n) is 5.09. The van der Waals surface area contributed by atoms with Gasteiger partial charge in [-0.25, -0.2) is 0 Å². The van der Waals surface area contributed by atoms with E-state index in [1.54, 1.807) is 0 Å². The van der Waals surface area contributed by atoms with Crippen LogP contribution in [0.4, 0.5) is 0 Å². The van der Waals surface area contributed by atoms with Gasteiger partial charge in [0, 0.05) is 5.54 Å². The molecule has 76 valence electrons. The number of nitrogens with two attached hydrogens (primary N) is 2. The molecule has 0 spiro atoms. The quantitative estimate of drug-likeness (QED) is 0.674. The molecule has 0 aromatic heterocycles. The van der Waals surface area contributed by atoms with Crippen LogP contribution < -0.4 is 11.5 Å². The summed E-state index contributed by atoms with van der Waals surface area (Å²) >= 11 is 0. The first-order valence-electron chi connectivity index (χ1n) is 4.61. The van der Waals surface area contributed by atoms with Crippen LogP contribution in [0.3, 0.4) is 0 Å². The summed E-state index contributed by atoms with van der Waals surface area (Å²) in [5.74, 6) is 0. The van der Waals surface area contributed by atoms with E-state index in [4.69, 9.17) is 11.5 Å². The second kappa shape index (κ2) is 5.55. The summed E-state index contributed by atoms with van der Waals surface area (Å²) in [6.07, 6.45) is 1.17. The van der Waals surface area contributed by atoms with E-state index in [-0.39, 0.29) is 5.54 Å². The molecule has 0 saturated heterocycles. The first-order valence-corrected chi connectivity index (χ1v) is 4.61. The van der Waals surface area contributed by atoms with Crippen LogP contribution in [0.5, 0.6) is 0 Å². The maximum atomic E-state index is 5.42. The van der Waals surface area contributed by atoms with Crippen molar-refractivity contribution in [1.29, 1.82) is 0 Å². The van der Waals surface area contributed by atoms with Gasteiger partial charge in [0.15, 0.2) is 0 Å². The Bertz CT molecular complexity index is 88.9. The lowest BCUT2D eigenvalue weighted by molar-refractivity contribution is 0.365. The van der Waals surface area contributed by atoms with Crippen LogP contribution in [0.15, 0.2) is 0 Å². The van der Waals surface area contributed by atoms with E-state index in [9.17, 15) is 0 Å². The maximum absolute atomic E-state index is 5.42. The van der Waals surface area contributed by atoms with Crippen LogP contribution in [0.1, 0.15) is 48.0 Å². The first kappa shape index (κ1) is 14.4. The van der Waals surface area contributed by atoms with Crippen molar-refractivity contribution in [2.24, 2.45) is 16.9 Å². The fourth-order valence-corrected chi connectivity index (χ4v) is 0.144. The van der Waals surface area contributed by atoms with Gasteiger partial charge < -0.3 is 11.5 Å². The Morgan fingerprint density at radius 3 is 1.25 bits per heavy atom. The average Bonchev–Trinajstić information content (AvgIpc) is 1.85. The minimum Gasteiger partial charge on any atom is -0.330 e. The molecule has 0 aliphatic carbocycles. The summed E-state index contributed by atoms with van der Waals surface area (Å²) in [6.45, 7) is 13.2. The maximum Gasteiger partial charge on any atom is 0.00686 e. The fourth-order valence-electron chi connectivity index (χ4n) is 0.144. The molecule has 0 saturated carbocycles. The molecule has 0 atom stereocenters. The van der Waals surface area contributed by atoms with Crippen molar-refractivity contribution in [2.45, 2.75) is 53.5 Å². The van der Waals surface area contributed by atoms with Crippen LogP contribution in [-0.2, 0) is 0 Å². The lowest BCUT2D eigenvalue weighted by Gasteiger charge is -2.18. The lowest BCUT2D eigenvalue weighted by atomic mass is 9.91. The highest BCUT2D eigenvalue weighted by atomic mass is 14.7. The minimum atomic E-state index is 0. The number of hydrogen-bond donors (Lipinski definition) is 2. The molecule has 2 heteroatoms. The summed E-state index contributed by atoms with van der Waals surface area (Å²) in [7, 11) is 0. The molecule has 2 nitrogen and oxygen atoms in total. The van der Waals surface area contributed by atoms with Gasteiger partial charge in [0.2, 0.25) is 0 Å². The van der Waals surface area contributed by atoms with E-state index in [0.29, 0.717) is 5.41 Å². The Morgan fingerprint density at radius 1 is 1.00 bits per heavy atom. The molecule has 4 N–H and O–H groups in total. The Balaban J connectivity index is 0. The third kappa shape index (κ3) is 22.5. The molecule has 12 heavy (non-hydrogen) atoms. The zero-order chi connectivity index (χ0) is 10.4. The van der Waals surface area contributed by atoms with Crippen LogP contribution in [0, 0.1) is 5.41 Å². The van der Waals surface area contributed by atoms with Crippen LogP contribution in [0.25, 0.3) is 0 Å². The summed E-state index contributed by atoms with van der Waals surface area (Å²) in [6, 6.07) is 0. The van der Waals surface area contributed by atoms with Crippen molar-refractivity contribution in [3.8, 4) is 0 Å². The molecule has 0 aliphatic rings. The van der Waals surface area contributed by atoms with Gasteiger partial charge >= 0.3 is 0 Å². The highest BCUT2D eigenvalue weighted by Crippen LogP contribution is 2.15. The van der Waals surface area contributed by atoms with E-state index in [1.165, 1.54) is 6.42 Å². The van der Waals surface area contributed by atoms with Gasteiger partial charge in [-0.05, 0) is 39.2 Å². The monoisotopic (exact) mass is 174 g/mol. The van der Waals surface area contributed by atoms with E-state index >= 15 is 0 Å². The fraction of sp³-hybridized carbons (Fsp3) is 1.00. The van der Waals surface area contributed by atoms with Crippen molar-refractivity contribution in [3.63, 3.8) is 0 Å². The first-order chi connectivity index (χ1) is 5.12. The Hall–Kier alpha value is -0.0800. The van der Waals surface area contributed by atoms with E-state index in [1.807, 2.05) is 20.8 Å². The molecule has 0 unspecified atom stereocenters. The lowest BCUT2D eigenvalue weighted by Crippen LogP contribution is -2.26. The molecule has 0 bridgehead atoms. The summed E-state index contributed by atoms with van der Waals surface area (Å²) in [4.78, 5) is 0. The van der Waals surface area contributed by atoms with Gasteiger partial charge in [-0.15, -0.1) is 0 Å². The van der Waals surface area contributed by atoms with Crippen molar-refractivity contribution >= 4 is 0 Å². The van der Waals surface area contributed by atoms with E-state index in [0.717, 1.165) is 6.54 Å². The molecule has 0 aromatic rings. The molecule has 0 fully saturated rings. The van der Waals surface area contributed by atoms with E-state index in [2.05, 4.69) is 20.8 Å². The number of hydrogen-bond acceptors (Lipinski definition) is 2. The van der Waals surface area contributed by atoms with Gasteiger partial charge in [0.1, 0.15) is 0 Å². The zero-order valence-electron chi connectivity index (χ0n) is 9.57. The van der Waals surface area contributed by atoms with Crippen LogP contribution in [0.2, 0.25) is 0 Å². The molecule has 0 aromatic carbocycles. The second-order valence-corrected chi connectivity index (χ2v) is 5.09. The van der Waals surface area contributed by atoms with Gasteiger partial charge in [-0.2, -0.15) is 0 Å². The van der Waals surface area contributed by atoms with Gasteiger partial charge in [-0.3, -0.25) is 0 Å². The van der Waals surface area contributed by atoms with Gasteiger partial charge in [0.05, 0.1) is 0 Å². The molecular formula is C10H26N2. The number of rotatable bonds is 2. The third-order valence-corrected chi connectivity index (χ3v) is 1.51. The molecule has 0 heterocycles. The largest absolute Gasteiger partial charge is 0.330 e. The molecule has 0 amide bonds. The summed E-state index contributed by atoms with van der Waals surface area (Å²) in [5, 5.41) is 0. The molecule has 0 radical (unpaired) electrons. The highest BCUT2D eigenvalue weighted by Gasteiger charge is 2.10. The molecular weight excluding hydrogens is 148 g/mol. The summed E-state index contributed by atoms with van der Waals surface area (Å²) < 4.78 is 0. The molecule has 0 aliphatic heterocycles. The van der Waals surface area contributed by atoms with Crippen molar-refractivity contribution < 1.29 is 0 Å². The van der Waals surface area contributed by atoms with E-state index < -0.39 is 0 Å². The predicted octanol–water partition coefficient (Wildman–Crippen LogP) is 2.12. The van der Waals surface area contributed by atoms with Crippen LogP contribution in [-0.4, -0.2) is 12.1 Å². The van der Waals surface area contributed by atoms with Gasteiger partial charge in [-0.1, -0.05) is 20.8 Å². The standard InChI is InChI=1S/C6H15N.C4H11N/c1-4-6(2,3)5-7;1-4(2,3)5/h4-5,7H2,1-3H3;5H2,1-3H3. The minimum absolute atomic E-state index is 0. The zero-order valence-corrected chi connectivity index (χ0v) is 9.57. The predicted molar refractivity (Wildman–Crippen MR) is 57.1 cm³/mol. The average molecular weight is 174 g/mol. The van der Waals surface area contributed by atoms with Gasteiger partial charge in [0.25, 0.3) is 0 Å².